The molecule has 1 atom stereocenters. The van der Waals surface area contributed by atoms with Crippen LogP contribution in [0, 0.1) is 0 Å². The van der Waals surface area contributed by atoms with E-state index in [1.165, 1.54) is 5.70 Å². The highest BCUT2D eigenvalue weighted by Gasteiger charge is 2.39. The molecule has 0 fully saturated rings. The van der Waals surface area contributed by atoms with Crippen molar-refractivity contribution in [3.8, 4) is 0 Å². The monoisotopic (exact) mass is 375 g/mol. The molecule has 1 amide bonds. The molecule has 2 heterocycles. The molecule has 136 valence electrons. The van der Waals surface area contributed by atoms with Crippen molar-refractivity contribution >= 4 is 28.5 Å². The molecule has 4 rings (SSSR count). The summed E-state index contributed by atoms with van der Waals surface area (Å²) in [6.07, 6.45) is 0.891. The highest BCUT2D eigenvalue weighted by atomic mass is 32.2. The van der Waals surface area contributed by atoms with Crippen LogP contribution in [0.1, 0.15) is 31.9 Å². The summed E-state index contributed by atoms with van der Waals surface area (Å²) in [4.78, 5) is 20.2. The van der Waals surface area contributed by atoms with Gasteiger partial charge >= 0.3 is 0 Å². The standard InChI is InChI=1S/C22H21N3OS/c1-3-18-14-27-22-23-15(2)19(21(26)24-17-12-8-5-9-13-17)20(25(18)22)16-10-6-4-7-11-16/h4-14,20H,3H2,1-2H3,(H,24,26)/t20-/m0/s1. The molecule has 27 heavy (non-hydrogen) atoms. The van der Waals surface area contributed by atoms with Gasteiger partial charge in [-0.2, -0.15) is 0 Å². The van der Waals surface area contributed by atoms with Crippen molar-refractivity contribution in [3.05, 3.63) is 88.6 Å². The molecule has 1 N–H and O–H groups in total. The number of fused-ring (bicyclic) bond motifs is 1. The van der Waals surface area contributed by atoms with Crippen molar-refractivity contribution in [2.45, 2.75) is 26.3 Å². The Bertz CT molecular complexity index is 948. The summed E-state index contributed by atoms with van der Waals surface area (Å²) in [7, 11) is 0. The predicted molar refractivity (Wildman–Crippen MR) is 112 cm³/mol. The number of carbonyl (C=O) groups is 1. The number of amides is 1. The van der Waals surface area contributed by atoms with E-state index in [0.29, 0.717) is 5.57 Å². The zero-order valence-corrected chi connectivity index (χ0v) is 16.2. The van der Waals surface area contributed by atoms with Crippen LogP contribution in [0.3, 0.4) is 0 Å². The summed E-state index contributed by atoms with van der Waals surface area (Å²) in [5.41, 5.74) is 4.51. The van der Waals surface area contributed by atoms with Gasteiger partial charge in [0.15, 0.2) is 5.17 Å². The Labute approximate surface area is 163 Å². The average molecular weight is 375 g/mol. The van der Waals surface area contributed by atoms with E-state index in [1.807, 2.05) is 55.5 Å². The molecule has 2 aliphatic heterocycles. The Balaban J connectivity index is 1.78. The number of aliphatic imine (C=N–C) groups is 1. The number of carbonyl (C=O) groups excluding carboxylic acids is 1. The van der Waals surface area contributed by atoms with E-state index in [1.54, 1.807) is 11.8 Å². The maximum Gasteiger partial charge on any atom is 0.255 e. The van der Waals surface area contributed by atoms with Gasteiger partial charge in [0, 0.05) is 11.4 Å². The molecule has 0 radical (unpaired) electrons. The summed E-state index contributed by atoms with van der Waals surface area (Å²) in [5, 5.41) is 6.11. The van der Waals surface area contributed by atoms with E-state index in [4.69, 9.17) is 4.99 Å². The quantitative estimate of drug-likeness (QED) is 0.787. The lowest BCUT2D eigenvalue weighted by molar-refractivity contribution is -0.113. The number of thioether (sulfide) groups is 1. The van der Waals surface area contributed by atoms with E-state index in [2.05, 4.69) is 34.7 Å². The summed E-state index contributed by atoms with van der Waals surface area (Å²) in [6, 6.07) is 19.6. The summed E-state index contributed by atoms with van der Waals surface area (Å²) in [5.74, 6) is -0.109. The van der Waals surface area contributed by atoms with Gasteiger partial charge in [0.2, 0.25) is 0 Å². The number of allylic oxidation sites excluding steroid dienone is 2. The van der Waals surface area contributed by atoms with Gasteiger partial charge in [0.25, 0.3) is 5.91 Å². The van der Waals surface area contributed by atoms with Crippen molar-refractivity contribution in [2.75, 3.05) is 5.32 Å². The van der Waals surface area contributed by atoms with Crippen molar-refractivity contribution in [1.82, 2.24) is 4.90 Å². The highest BCUT2D eigenvalue weighted by molar-refractivity contribution is 8.16. The predicted octanol–water partition coefficient (Wildman–Crippen LogP) is 5.31. The molecular weight excluding hydrogens is 354 g/mol. The smallest absolute Gasteiger partial charge is 0.255 e. The van der Waals surface area contributed by atoms with E-state index in [9.17, 15) is 4.79 Å². The maximum absolute atomic E-state index is 13.3. The molecule has 0 unspecified atom stereocenters. The Morgan fingerprint density at radius 2 is 1.78 bits per heavy atom. The molecular formula is C22H21N3OS. The number of hydrogen-bond donors (Lipinski definition) is 1. The second kappa shape index (κ2) is 7.45. The third-order valence-corrected chi connectivity index (χ3v) is 5.64. The van der Waals surface area contributed by atoms with E-state index in [-0.39, 0.29) is 11.9 Å². The minimum atomic E-state index is -0.177. The number of anilines is 1. The van der Waals surface area contributed by atoms with Gasteiger partial charge in [-0.15, -0.1) is 0 Å². The fourth-order valence-corrected chi connectivity index (χ4v) is 4.50. The first-order valence-corrected chi connectivity index (χ1v) is 9.92. The lowest BCUT2D eigenvalue weighted by Crippen LogP contribution is -2.37. The normalized spacial score (nSPS) is 18.7. The number of nitrogens with zero attached hydrogens (tertiary/aromatic N) is 2. The third kappa shape index (κ3) is 3.30. The number of hydrogen-bond acceptors (Lipinski definition) is 4. The van der Waals surface area contributed by atoms with Gasteiger partial charge in [-0.1, -0.05) is 67.2 Å². The minimum absolute atomic E-state index is 0.109. The fourth-order valence-electron chi connectivity index (χ4n) is 3.46. The molecule has 0 saturated heterocycles. The van der Waals surface area contributed by atoms with Crippen LogP contribution in [0.25, 0.3) is 0 Å². The van der Waals surface area contributed by atoms with Crippen molar-refractivity contribution in [1.29, 1.82) is 0 Å². The lowest BCUT2D eigenvalue weighted by atomic mass is 9.93. The highest BCUT2D eigenvalue weighted by Crippen LogP contribution is 2.44. The molecule has 0 spiro atoms. The average Bonchev–Trinajstić information content (AvgIpc) is 3.10. The van der Waals surface area contributed by atoms with Crippen molar-refractivity contribution < 1.29 is 4.79 Å². The van der Waals surface area contributed by atoms with Gasteiger partial charge < -0.3 is 10.2 Å². The number of rotatable bonds is 4. The second-order valence-electron chi connectivity index (χ2n) is 6.48. The van der Waals surface area contributed by atoms with Crippen molar-refractivity contribution in [3.63, 3.8) is 0 Å². The Morgan fingerprint density at radius 3 is 2.44 bits per heavy atom. The van der Waals surface area contributed by atoms with Crippen LogP contribution in [0.4, 0.5) is 5.69 Å². The van der Waals surface area contributed by atoms with E-state index >= 15 is 0 Å². The van der Waals surface area contributed by atoms with Gasteiger partial charge in [-0.25, -0.2) is 4.99 Å². The number of para-hydroxylation sites is 1. The molecule has 0 aromatic heterocycles. The second-order valence-corrected chi connectivity index (χ2v) is 7.31. The first kappa shape index (κ1) is 17.6. The largest absolute Gasteiger partial charge is 0.322 e. The van der Waals surface area contributed by atoms with Crippen LogP contribution in [0.2, 0.25) is 0 Å². The van der Waals surface area contributed by atoms with Crippen LogP contribution >= 0.6 is 11.8 Å². The van der Waals surface area contributed by atoms with Crippen LogP contribution in [0.15, 0.2) is 88.0 Å². The molecule has 4 nitrogen and oxygen atoms in total. The molecule has 5 heteroatoms. The van der Waals surface area contributed by atoms with Gasteiger partial charge in [-0.05, 0) is 36.4 Å². The summed E-state index contributed by atoms with van der Waals surface area (Å²) >= 11 is 1.63. The Kier molecular flexibility index (Phi) is 4.86. The Morgan fingerprint density at radius 1 is 1.11 bits per heavy atom. The maximum atomic E-state index is 13.3. The molecule has 0 saturated carbocycles. The number of benzene rings is 2. The molecule has 2 aromatic rings. The first-order valence-electron chi connectivity index (χ1n) is 9.04. The zero-order chi connectivity index (χ0) is 18.8. The Hall–Kier alpha value is -2.79. The zero-order valence-electron chi connectivity index (χ0n) is 15.3. The van der Waals surface area contributed by atoms with Gasteiger partial charge in [0.1, 0.15) is 0 Å². The molecule has 2 aromatic carbocycles. The number of nitrogens with one attached hydrogen (secondary N) is 1. The van der Waals surface area contributed by atoms with Gasteiger partial charge in [-0.3, -0.25) is 4.79 Å². The van der Waals surface area contributed by atoms with Crippen LogP contribution in [0.5, 0.6) is 0 Å². The minimum Gasteiger partial charge on any atom is -0.322 e. The topological polar surface area (TPSA) is 44.7 Å². The van der Waals surface area contributed by atoms with Crippen LogP contribution < -0.4 is 5.32 Å². The lowest BCUT2D eigenvalue weighted by Gasteiger charge is -2.36. The SMILES string of the molecule is CCC1=CSC2=NC(C)=C(C(=O)Nc3ccccc3)[C@H](c3ccccc3)N12. The molecule has 0 aliphatic carbocycles. The van der Waals surface area contributed by atoms with Crippen molar-refractivity contribution in [2.24, 2.45) is 4.99 Å². The fraction of sp³-hybridized carbons (Fsp3) is 0.182. The van der Waals surface area contributed by atoms with E-state index in [0.717, 1.165) is 28.5 Å². The van der Waals surface area contributed by atoms with E-state index < -0.39 is 0 Å². The summed E-state index contributed by atoms with van der Waals surface area (Å²) in [6.45, 7) is 4.05. The van der Waals surface area contributed by atoms with Crippen LogP contribution in [-0.2, 0) is 4.79 Å². The third-order valence-electron chi connectivity index (χ3n) is 4.75. The molecule has 0 bridgehead atoms. The first-order chi connectivity index (χ1) is 13.2. The van der Waals surface area contributed by atoms with Crippen LogP contribution in [-0.4, -0.2) is 16.0 Å². The van der Waals surface area contributed by atoms with Gasteiger partial charge in [0.05, 0.1) is 17.3 Å². The molecule has 2 aliphatic rings. The summed E-state index contributed by atoms with van der Waals surface area (Å²) < 4.78 is 0. The number of amidine groups is 1.